The topological polar surface area (TPSA) is 75.3 Å². The van der Waals surface area contributed by atoms with E-state index in [-0.39, 0.29) is 11.9 Å². The molecule has 1 aromatic carbocycles. The number of aryl methyl sites for hydroxylation is 2. The molecule has 6 heteroatoms. The van der Waals surface area contributed by atoms with Gasteiger partial charge in [-0.25, -0.2) is 8.42 Å². The van der Waals surface area contributed by atoms with Gasteiger partial charge < -0.3 is 5.32 Å². The van der Waals surface area contributed by atoms with Crippen molar-refractivity contribution in [3.63, 3.8) is 0 Å². The second-order valence-corrected chi connectivity index (χ2v) is 9.28. The Bertz CT molecular complexity index is 738. The molecule has 1 saturated carbocycles. The molecule has 26 heavy (non-hydrogen) atoms. The zero-order chi connectivity index (χ0) is 19.5. The van der Waals surface area contributed by atoms with Gasteiger partial charge in [0.05, 0.1) is 10.9 Å². The molecule has 5 nitrogen and oxygen atoms in total. The quantitative estimate of drug-likeness (QED) is 0.769. The smallest absolute Gasteiger partial charge is 0.241 e. The van der Waals surface area contributed by atoms with Gasteiger partial charge in [0, 0.05) is 6.04 Å². The highest BCUT2D eigenvalue weighted by Gasteiger charge is 2.27. The van der Waals surface area contributed by atoms with E-state index in [0.29, 0.717) is 4.90 Å². The Labute approximate surface area is 158 Å². The maximum Gasteiger partial charge on any atom is 0.241 e. The van der Waals surface area contributed by atoms with Gasteiger partial charge in [-0.1, -0.05) is 31.7 Å². The summed E-state index contributed by atoms with van der Waals surface area (Å²) in [5.41, 5.74) is 3.34. The number of nitrogens with one attached hydrogen (secondary N) is 2. The summed E-state index contributed by atoms with van der Waals surface area (Å²) in [5, 5.41) is 3.02. The van der Waals surface area contributed by atoms with Crippen LogP contribution in [0.3, 0.4) is 0 Å². The molecule has 146 valence electrons. The van der Waals surface area contributed by atoms with Crippen molar-refractivity contribution < 1.29 is 13.2 Å². The first-order chi connectivity index (χ1) is 12.1. The lowest BCUT2D eigenvalue weighted by atomic mass is 10.0. The summed E-state index contributed by atoms with van der Waals surface area (Å²) in [6.07, 6.45) is 6.60. The minimum absolute atomic E-state index is 0.154. The summed E-state index contributed by atoms with van der Waals surface area (Å²) in [6, 6.07) is 1.34. The van der Waals surface area contributed by atoms with Gasteiger partial charge in [-0.2, -0.15) is 4.72 Å². The number of amides is 1. The maximum absolute atomic E-state index is 12.9. The molecular weight excluding hydrogens is 348 g/mol. The zero-order valence-corrected chi connectivity index (χ0v) is 17.4. The lowest BCUT2D eigenvalue weighted by Gasteiger charge is -2.22. The summed E-state index contributed by atoms with van der Waals surface area (Å²) in [4.78, 5) is 12.8. The average Bonchev–Trinajstić information content (AvgIpc) is 2.81. The number of hydrogen-bond acceptors (Lipinski definition) is 3. The normalized spacial score (nSPS) is 17.6. The molecule has 1 aliphatic carbocycles. The van der Waals surface area contributed by atoms with Crippen molar-refractivity contribution in [2.45, 2.75) is 90.1 Å². The SMILES string of the molecule is Cc1cc(C)c(C)c(S(=O)(=O)N[C@H](C)C(=O)NC2CCCCCC2)c1C. The van der Waals surface area contributed by atoms with Crippen molar-refractivity contribution in [3.8, 4) is 0 Å². The number of benzene rings is 1. The molecule has 0 bridgehead atoms. The average molecular weight is 381 g/mol. The van der Waals surface area contributed by atoms with E-state index in [1.54, 1.807) is 6.92 Å². The number of carbonyl (C=O) groups excluding carboxylic acids is 1. The predicted octanol–water partition coefficient (Wildman–Crippen LogP) is 3.43. The Balaban J connectivity index is 2.14. The summed E-state index contributed by atoms with van der Waals surface area (Å²) >= 11 is 0. The van der Waals surface area contributed by atoms with Crippen LogP contribution in [-0.4, -0.2) is 26.4 Å². The fourth-order valence-corrected chi connectivity index (χ4v) is 5.50. The van der Waals surface area contributed by atoms with Crippen LogP contribution in [0, 0.1) is 27.7 Å². The molecular formula is C20H32N2O3S. The molecule has 1 amide bonds. The molecule has 0 saturated heterocycles. The Kier molecular flexibility index (Phi) is 6.86. The number of sulfonamides is 1. The third kappa shape index (κ3) is 4.86. The molecule has 0 aromatic heterocycles. The van der Waals surface area contributed by atoms with Gasteiger partial charge in [0.15, 0.2) is 0 Å². The van der Waals surface area contributed by atoms with Crippen molar-refractivity contribution in [1.82, 2.24) is 10.0 Å². The Hall–Kier alpha value is -1.40. The molecule has 0 spiro atoms. The lowest BCUT2D eigenvalue weighted by molar-refractivity contribution is -0.123. The summed E-state index contributed by atoms with van der Waals surface area (Å²) in [7, 11) is -3.77. The van der Waals surface area contributed by atoms with Crippen LogP contribution < -0.4 is 10.0 Å². The first-order valence-corrected chi connectivity index (χ1v) is 11.0. The van der Waals surface area contributed by atoms with E-state index in [4.69, 9.17) is 0 Å². The number of hydrogen-bond donors (Lipinski definition) is 2. The third-order valence-corrected chi connectivity index (χ3v) is 7.31. The van der Waals surface area contributed by atoms with E-state index in [0.717, 1.165) is 47.9 Å². The first-order valence-electron chi connectivity index (χ1n) is 9.53. The molecule has 2 N–H and O–H groups in total. The van der Waals surface area contributed by atoms with Crippen LogP contribution in [0.2, 0.25) is 0 Å². The van der Waals surface area contributed by atoms with Gasteiger partial charge in [0.25, 0.3) is 0 Å². The minimum Gasteiger partial charge on any atom is -0.352 e. The van der Waals surface area contributed by atoms with Crippen LogP contribution in [0.4, 0.5) is 0 Å². The lowest BCUT2D eigenvalue weighted by Crippen LogP contribution is -2.48. The van der Waals surface area contributed by atoms with Crippen molar-refractivity contribution >= 4 is 15.9 Å². The second kappa shape index (κ2) is 8.53. The highest BCUT2D eigenvalue weighted by Crippen LogP contribution is 2.26. The molecule has 0 unspecified atom stereocenters. The maximum atomic E-state index is 12.9. The van der Waals surface area contributed by atoms with Gasteiger partial charge in [0.1, 0.15) is 0 Å². The summed E-state index contributed by atoms with van der Waals surface area (Å²) < 4.78 is 28.5. The van der Waals surface area contributed by atoms with Crippen molar-refractivity contribution in [2.75, 3.05) is 0 Å². The van der Waals surface area contributed by atoms with E-state index in [1.165, 1.54) is 12.8 Å². The second-order valence-electron chi connectivity index (χ2n) is 7.63. The van der Waals surface area contributed by atoms with Crippen molar-refractivity contribution in [2.24, 2.45) is 0 Å². The molecule has 1 fully saturated rings. The number of rotatable bonds is 5. The van der Waals surface area contributed by atoms with Crippen LogP contribution in [0.1, 0.15) is 67.7 Å². The fourth-order valence-electron chi connectivity index (χ4n) is 3.68. The van der Waals surface area contributed by atoms with Crippen LogP contribution in [0.5, 0.6) is 0 Å². The standard InChI is InChI=1S/C20H32N2O3S/c1-13-12-14(2)16(4)19(15(13)3)26(24,25)22-17(5)20(23)21-18-10-8-6-7-9-11-18/h12,17-18,22H,6-11H2,1-5H3,(H,21,23)/t17-/m1/s1. The monoisotopic (exact) mass is 380 g/mol. The third-order valence-electron chi connectivity index (χ3n) is 5.49. The molecule has 0 heterocycles. The molecule has 0 aliphatic heterocycles. The number of carbonyl (C=O) groups is 1. The molecule has 1 atom stereocenters. The first kappa shape index (κ1) is 20.9. The molecule has 1 aromatic rings. The van der Waals surface area contributed by atoms with Gasteiger partial charge in [-0.3, -0.25) is 4.79 Å². The van der Waals surface area contributed by atoms with Crippen LogP contribution >= 0.6 is 0 Å². The molecule has 1 aliphatic rings. The van der Waals surface area contributed by atoms with Crippen LogP contribution in [0.15, 0.2) is 11.0 Å². The predicted molar refractivity (Wildman–Crippen MR) is 105 cm³/mol. The van der Waals surface area contributed by atoms with E-state index >= 15 is 0 Å². The highest BCUT2D eigenvalue weighted by molar-refractivity contribution is 7.89. The van der Waals surface area contributed by atoms with Gasteiger partial charge in [-0.05, 0) is 69.7 Å². The van der Waals surface area contributed by atoms with Crippen LogP contribution in [-0.2, 0) is 14.8 Å². The van der Waals surface area contributed by atoms with E-state index in [9.17, 15) is 13.2 Å². The van der Waals surface area contributed by atoms with Gasteiger partial charge in [-0.15, -0.1) is 0 Å². The fraction of sp³-hybridized carbons (Fsp3) is 0.650. The highest BCUT2D eigenvalue weighted by atomic mass is 32.2. The van der Waals surface area contributed by atoms with Gasteiger partial charge >= 0.3 is 0 Å². The zero-order valence-electron chi connectivity index (χ0n) is 16.6. The van der Waals surface area contributed by atoms with Crippen LogP contribution in [0.25, 0.3) is 0 Å². The summed E-state index contributed by atoms with van der Waals surface area (Å²) in [6.45, 7) is 9.04. The minimum atomic E-state index is -3.77. The van der Waals surface area contributed by atoms with Crippen molar-refractivity contribution in [1.29, 1.82) is 0 Å². The largest absolute Gasteiger partial charge is 0.352 e. The van der Waals surface area contributed by atoms with E-state index in [2.05, 4.69) is 10.0 Å². The van der Waals surface area contributed by atoms with Crippen molar-refractivity contribution in [3.05, 3.63) is 28.3 Å². The Morgan fingerprint density at radius 1 is 1.00 bits per heavy atom. The Morgan fingerprint density at radius 2 is 1.50 bits per heavy atom. The van der Waals surface area contributed by atoms with E-state index in [1.807, 2.05) is 33.8 Å². The van der Waals surface area contributed by atoms with Gasteiger partial charge in [0.2, 0.25) is 15.9 Å². The summed E-state index contributed by atoms with van der Waals surface area (Å²) in [5.74, 6) is -0.250. The van der Waals surface area contributed by atoms with E-state index < -0.39 is 16.1 Å². The molecule has 0 radical (unpaired) electrons. The Morgan fingerprint density at radius 3 is 2.00 bits per heavy atom. The molecule has 2 rings (SSSR count).